The number of halogens is 3. The number of methoxy groups -OCH3 is 1. The molecule has 1 N–H and O–H groups in total. The molecule has 0 bridgehead atoms. The first-order valence-electron chi connectivity index (χ1n) is 8.15. The van der Waals surface area contributed by atoms with Gasteiger partial charge in [-0.25, -0.2) is 0 Å². The van der Waals surface area contributed by atoms with Crippen LogP contribution in [0.25, 0.3) is 0 Å². The highest BCUT2D eigenvalue weighted by Gasteiger charge is 2.56. The summed E-state index contributed by atoms with van der Waals surface area (Å²) >= 11 is 17.0. The maximum absolute atomic E-state index is 12.3. The van der Waals surface area contributed by atoms with E-state index in [2.05, 4.69) is 5.32 Å². The fourth-order valence-electron chi connectivity index (χ4n) is 3.20. The molecule has 1 amide bonds. The van der Waals surface area contributed by atoms with Crippen molar-refractivity contribution in [3.05, 3.63) is 35.9 Å². The van der Waals surface area contributed by atoms with E-state index < -0.39 is 40.0 Å². The predicted octanol–water partition coefficient (Wildman–Crippen LogP) is 2.29. The first-order valence-corrected chi connectivity index (χ1v) is 9.28. The molecule has 2 fully saturated rings. The van der Waals surface area contributed by atoms with E-state index in [9.17, 15) is 9.59 Å². The number of hydrogen-bond acceptors (Lipinski definition) is 6. The standard InChI is InChI=1S/C17H18Cl3NO6/c1-24-12-7-16(9-22,21-15(23)17(18,19)20)13-11(26-12)8-25-14(27-13)10-5-3-2-4-6-10/h2-6,9,11-14H,7-8H2,1H3,(H,21,23). The van der Waals surface area contributed by atoms with E-state index in [1.807, 2.05) is 30.3 Å². The normalized spacial score (nSPS) is 33.8. The van der Waals surface area contributed by atoms with Gasteiger partial charge < -0.3 is 29.1 Å². The number of carbonyl (C=O) groups is 2. The Bertz CT molecular complexity index is 685. The van der Waals surface area contributed by atoms with Gasteiger partial charge in [-0.2, -0.15) is 0 Å². The fourth-order valence-corrected chi connectivity index (χ4v) is 3.34. The monoisotopic (exact) mass is 437 g/mol. The Hall–Kier alpha value is -0.930. The first-order chi connectivity index (χ1) is 12.8. The van der Waals surface area contributed by atoms with Gasteiger partial charge in [0.1, 0.15) is 24.0 Å². The Morgan fingerprint density at radius 2 is 2.00 bits per heavy atom. The molecule has 0 spiro atoms. The lowest BCUT2D eigenvalue weighted by molar-refractivity contribution is -0.328. The molecule has 0 radical (unpaired) electrons. The highest BCUT2D eigenvalue weighted by Crippen LogP contribution is 2.39. The molecule has 10 heteroatoms. The Balaban J connectivity index is 1.90. The molecule has 0 aromatic heterocycles. The van der Waals surface area contributed by atoms with Crippen molar-refractivity contribution in [2.24, 2.45) is 0 Å². The molecule has 0 aliphatic carbocycles. The van der Waals surface area contributed by atoms with E-state index in [4.69, 9.17) is 53.8 Å². The Morgan fingerprint density at radius 3 is 2.59 bits per heavy atom. The minimum absolute atomic E-state index is 0.0117. The smallest absolute Gasteiger partial charge is 0.273 e. The van der Waals surface area contributed by atoms with Crippen molar-refractivity contribution in [3.8, 4) is 0 Å². The number of benzene rings is 1. The summed E-state index contributed by atoms with van der Waals surface area (Å²) in [6, 6.07) is 9.19. The molecule has 2 saturated heterocycles. The topological polar surface area (TPSA) is 83.1 Å². The predicted molar refractivity (Wildman–Crippen MR) is 97.5 cm³/mol. The second-order valence-corrected chi connectivity index (χ2v) is 8.57. The molecular formula is C17H18Cl3NO6. The number of nitrogens with one attached hydrogen (secondary N) is 1. The van der Waals surface area contributed by atoms with Crippen molar-refractivity contribution in [1.29, 1.82) is 0 Å². The van der Waals surface area contributed by atoms with Crippen molar-refractivity contribution in [2.45, 2.75) is 40.5 Å². The molecule has 2 aliphatic rings. The Morgan fingerprint density at radius 1 is 1.30 bits per heavy atom. The van der Waals surface area contributed by atoms with Crippen LogP contribution in [-0.2, 0) is 28.5 Å². The van der Waals surface area contributed by atoms with E-state index in [1.54, 1.807) is 0 Å². The third-order valence-electron chi connectivity index (χ3n) is 4.51. The molecule has 27 heavy (non-hydrogen) atoms. The maximum Gasteiger partial charge on any atom is 0.273 e. The minimum atomic E-state index is -2.24. The lowest BCUT2D eigenvalue weighted by Crippen LogP contribution is -2.70. The van der Waals surface area contributed by atoms with Crippen LogP contribution in [-0.4, -0.2) is 53.7 Å². The maximum atomic E-state index is 12.3. The van der Waals surface area contributed by atoms with Gasteiger partial charge in [0.25, 0.3) is 9.70 Å². The summed E-state index contributed by atoms with van der Waals surface area (Å²) in [4.78, 5) is 24.4. The fraction of sp³-hybridized carbons (Fsp3) is 0.529. The molecule has 3 rings (SSSR count). The summed E-state index contributed by atoms with van der Waals surface area (Å²) in [5.41, 5.74) is -0.751. The highest BCUT2D eigenvalue weighted by atomic mass is 35.6. The van der Waals surface area contributed by atoms with E-state index in [-0.39, 0.29) is 13.0 Å². The van der Waals surface area contributed by atoms with Gasteiger partial charge in [-0.15, -0.1) is 0 Å². The lowest BCUT2D eigenvalue weighted by atomic mass is 9.83. The van der Waals surface area contributed by atoms with Crippen LogP contribution in [0.2, 0.25) is 0 Å². The van der Waals surface area contributed by atoms with Gasteiger partial charge in [-0.05, 0) is 0 Å². The van der Waals surface area contributed by atoms with Crippen molar-refractivity contribution < 1.29 is 28.5 Å². The third kappa shape index (κ3) is 4.40. The molecular weight excluding hydrogens is 421 g/mol. The second kappa shape index (κ2) is 8.21. The van der Waals surface area contributed by atoms with Crippen LogP contribution in [0.1, 0.15) is 18.3 Å². The van der Waals surface area contributed by atoms with Gasteiger partial charge in [-0.1, -0.05) is 65.1 Å². The van der Waals surface area contributed by atoms with Crippen LogP contribution in [0.4, 0.5) is 0 Å². The molecule has 1 aromatic carbocycles. The first kappa shape index (κ1) is 20.8. The van der Waals surface area contributed by atoms with Gasteiger partial charge in [-0.3, -0.25) is 4.79 Å². The van der Waals surface area contributed by atoms with Gasteiger partial charge in [0.2, 0.25) is 0 Å². The summed E-state index contributed by atoms with van der Waals surface area (Å²) in [6.45, 7) is 0.128. The van der Waals surface area contributed by atoms with Crippen molar-refractivity contribution in [3.63, 3.8) is 0 Å². The van der Waals surface area contributed by atoms with Gasteiger partial charge in [0.15, 0.2) is 12.6 Å². The van der Waals surface area contributed by atoms with Crippen LogP contribution in [0.3, 0.4) is 0 Å². The van der Waals surface area contributed by atoms with Crippen molar-refractivity contribution >= 4 is 47.0 Å². The quantitative estimate of drug-likeness (QED) is 0.574. The highest BCUT2D eigenvalue weighted by molar-refractivity contribution is 6.76. The van der Waals surface area contributed by atoms with E-state index >= 15 is 0 Å². The Kier molecular flexibility index (Phi) is 6.32. The minimum Gasteiger partial charge on any atom is -0.356 e. The van der Waals surface area contributed by atoms with Crippen molar-refractivity contribution in [1.82, 2.24) is 5.32 Å². The van der Waals surface area contributed by atoms with Crippen LogP contribution in [0.5, 0.6) is 0 Å². The number of carbonyl (C=O) groups excluding carboxylic acids is 2. The third-order valence-corrected chi connectivity index (χ3v) is 5.02. The second-order valence-electron chi connectivity index (χ2n) is 6.29. The number of ether oxygens (including phenoxy) is 4. The summed E-state index contributed by atoms with van der Waals surface area (Å²) in [5, 5.41) is 2.51. The zero-order valence-electron chi connectivity index (χ0n) is 14.3. The van der Waals surface area contributed by atoms with Crippen LogP contribution in [0.15, 0.2) is 30.3 Å². The average Bonchev–Trinajstić information content (AvgIpc) is 2.67. The van der Waals surface area contributed by atoms with Crippen LogP contribution < -0.4 is 5.32 Å². The molecule has 5 unspecified atom stereocenters. The molecule has 148 valence electrons. The Labute approximate surface area is 171 Å². The SMILES string of the molecule is COC1CC(C=O)(NC(=O)C(Cl)(Cl)Cl)C2OC(c3ccccc3)OCC2O1. The summed E-state index contributed by atoms with van der Waals surface area (Å²) in [6.07, 6.45) is -2.48. The molecule has 7 nitrogen and oxygen atoms in total. The zero-order chi connectivity index (χ0) is 19.7. The number of fused-ring (bicyclic) bond motifs is 1. The molecule has 2 aliphatic heterocycles. The molecule has 0 saturated carbocycles. The van der Waals surface area contributed by atoms with E-state index in [0.29, 0.717) is 6.29 Å². The largest absolute Gasteiger partial charge is 0.356 e. The van der Waals surface area contributed by atoms with E-state index in [0.717, 1.165) is 5.56 Å². The number of alkyl halides is 3. The number of rotatable bonds is 4. The molecule has 2 heterocycles. The zero-order valence-corrected chi connectivity index (χ0v) is 16.5. The van der Waals surface area contributed by atoms with Crippen molar-refractivity contribution in [2.75, 3.05) is 13.7 Å². The van der Waals surface area contributed by atoms with Crippen LogP contribution >= 0.6 is 34.8 Å². The lowest BCUT2D eigenvalue weighted by Gasteiger charge is -2.50. The van der Waals surface area contributed by atoms with Gasteiger partial charge >= 0.3 is 0 Å². The van der Waals surface area contributed by atoms with Crippen LogP contribution in [0, 0.1) is 0 Å². The van der Waals surface area contributed by atoms with Gasteiger partial charge in [0, 0.05) is 19.1 Å². The number of aldehydes is 1. The molecule has 5 atom stereocenters. The number of hydrogen-bond donors (Lipinski definition) is 1. The molecule has 1 aromatic rings. The summed E-state index contributed by atoms with van der Waals surface area (Å²) < 4.78 is 20.5. The number of amides is 1. The average molecular weight is 439 g/mol. The van der Waals surface area contributed by atoms with Gasteiger partial charge in [0.05, 0.1) is 6.61 Å². The summed E-state index contributed by atoms with van der Waals surface area (Å²) in [7, 11) is 1.43. The summed E-state index contributed by atoms with van der Waals surface area (Å²) in [5.74, 6) is -0.943. The van der Waals surface area contributed by atoms with E-state index in [1.165, 1.54) is 7.11 Å².